The number of amides is 2. The molecule has 1 aromatic carbocycles. The van der Waals surface area contributed by atoms with Gasteiger partial charge in [0.25, 0.3) is 0 Å². The second kappa shape index (κ2) is 8.28. The van der Waals surface area contributed by atoms with E-state index in [2.05, 4.69) is 19.0 Å². The van der Waals surface area contributed by atoms with E-state index in [-0.39, 0.29) is 6.03 Å². The van der Waals surface area contributed by atoms with Crippen LogP contribution in [-0.2, 0) is 11.3 Å². The van der Waals surface area contributed by atoms with E-state index in [0.717, 1.165) is 68.8 Å². The Labute approximate surface area is 157 Å². The largest absolute Gasteiger partial charge is 0.379 e. The van der Waals surface area contributed by atoms with Crippen LogP contribution in [0.5, 0.6) is 0 Å². The van der Waals surface area contributed by atoms with Crippen LogP contribution in [0, 0.1) is 0 Å². The van der Waals surface area contributed by atoms with E-state index in [1.54, 1.807) is 0 Å². The number of hydrogen-bond donors (Lipinski definition) is 1. The Hall–Kier alpha value is -1.77. The van der Waals surface area contributed by atoms with Crippen molar-refractivity contribution >= 4 is 28.8 Å². The minimum atomic E-state index is 0.0412. The molecule has 0 spiro atoms. The minimum Gasteiger partial charge on any atom is -0.379 e. The molecule has 2 aliphatic heterocycles. The number of carbonyl (C=O) groups excluding carboxylic acids is 1. The number of nitrogens with zero attached hydrogens (tertiary/aromatic N) is 4. The van der Waals surface area contributed by atoms with Gasteiger partial charge in [-0.1, -0.05) is 6.07 Å². The van der Waals surface area contributed by atoms with E-state index in [1.807, 2.05) is 23.1 Å². The number of morpholine rings is 1. The number of likely N-dealkylation sites (tertiary alicyclic amines) is 1. The molecule has 2 aromatic rings. The zero-order valence-electron chi connectivity index (χ0n) is 14.9. The van der Waals surface area contributed by atoms with E-state index >= 15 is 0 Å². The SMILES string of the molecule is O=C(NCc1ccc2nsnc2c1)N1CCCC[C@@H]1CN1CCOCC1. The highest BCUT2D eigenvalue weighted by Crippen LogP contribution is 2.19. The van der Waals surface area contributed by atoms with Crippen molar-refractivity contribution in [2.24, 2.45) is 0 Å². The standard InChI is InChI=1S/C18H25N5O2S/c24-18(19-12-14-4-5-16-17(11-14)21-26-20-16)23-6-2-1-3-15(23)13-22-7-9-25-10-8-22/h4-5,11,15H,1-3,6-10,12-13H2,(H,19,24)/t15-/m1/s1. The average Bonchev–Trinajstić information content (AvgIpc) is 3.15. The molecule has 1 N–H and O–H groups in total. The number of rotatable bonds is 4. The van der Waals surface area contributed by atoms with Crippen LogP contribution in [-0.4, -0.2) is 70.0 Å². The highest BCUT2D eigenvalue weighted by Gasteiger charge is 2.28. The summed E-state index contributed by atoms with van der Waals surface area (Å²) in [5.74, 6) is 0. The van der Waals surface area contributed by atoms with Crippen molar-refractivity contribution in [2.75, 3.05) is 39.4 Å². The van der Waals surface area contributed by atoms with Crippen LogP contribution < -0.4 is 5.32 Å². The fourth-order valence-corrected chi connectivity index (χ4v) is 4.27. The van der Waals surface area contributed by atoms with Gasteiger partial charge in [0.1, 0.15) is 11.0 Å². The maximum absolute atomic E-state index is 12.8. The van der Waals surface area contributed by atoms with Crippen molar-refractivity contribution in [3.8, 4) is 0 Å². The molecule has 1 aromatic heterocycles. The molecule has 0 radical (unpaired) electrons. The summed E-state index contributed by atoms with van der Waals surface area (Å²) in [4.78, 5) is 17.2. The molecular formula is C18H25N5O2S. The summed E-state index contributed by atoms with van der Waals surface area (Å²) in [6.45, 7) is 5.84. The number of hydrogen-bond acceptors (Lipinski definition) is 6. The number of benzene rings is 1. The second-order valence-corrected chi connectivity index (χ2v) is 7.53. The lowest BCUT2D eigenvalue weighted by molar-refractivity contribution is 0.0221. The van der Waals surface area contributed by atoms with Crippen molar-refractivity contribution in [1.29, 1.82) is 0 Å². The Morgan fingerprint density at radius 2 is 2.04 bits per heavy atom. The highest BCUT2D eigenvalue weighted by molar-refractivity contribution is 7.00. The third-order valence-corrected chi connectivity index (χ3v) is 5.78. The number of ether oxygens (including phenoxy) is 1. The lowest BCUT2D eigenvalue weighted by Crippen LogP contribution is -2.53. The molecule has 2 saturated heterocycles. The third-order valence-electron chi connectivity index (χ3n) is 5.22. The molecule has 0 bridgehead atoms. The van der Waals surface area contributed by atoms with Crippen LogP contribution in [0.15, 0.2) is 18.2 Å². The van der Waals surface area contributed by atoms with Gasteiger partial charge in [-0.2, -0.15) is 8.75 Å². The fraction of sp³-hybridized carbons (Fsp3) is 0.611. The average molecular weight is 375 g/mol. The molecule has 0 unspecified atom stereocenters. The molecular weight excluding hydrogens is 350 g/mol. The molecule has 2 fully saturated rings. The Bertz CT molecular complexity index is 746. The van der Waals surface area contributed by atoms with Gasteiger partial charge in [-0.3, -0.25) is 4.90 Å². The first-order valence-corrected chi connectivity index (χ1v) is 10.1. The smallest absolute Gasteiger partial charge is 0.317 e. The molecule has 2 amide bonds. The van der Waals surface area contributed by atoms with E-state index in [1.165, 1.54) is 18.1 Å². The second-order valence-electron chi connectivity index (χ2n) is 7.00. The predicted molar refractivity (Wildman–Crippen MR) is 101 cm³/mol. The summed E-state index contributed by atoms with van der Waals surface area (Å²) in [6.07, 6.45) is 3.37. The molecule has 4 rings (SSSR count). The topological polar surface area (TPSA) is 70.6 Å². The van der Waals surface area contributed by atoms with Crippen LogP contribution in [0.1, 0.15) is 24.8 Å². The lowest BCUT2D eigenvalue weighted by Gasteiger charge is -2.39. The zero-order chi connectivity index (χ0) is 17.8. The van der Waals surface area contributed by atoms with Crippen LogP contribution in [0.25, 0.3) is 11.0 Å². The lowest BCUT2D eigenvalue weighted by atomic mass is 10.0. The number of urea groups is 1. The molecule has 3 heterocycles. The molecule has 8 heteroatoms. The Morgan fingerprint density at radius 1 is 1.19 bits per heavy atom. The van der Waals surface area contributed by atoms with Crippen molar-refractivity contribution < 1.29 is 9.53 Å². The molecule has 1 atom stereocenters. The maximum atomic E-state index is 12.8. The molecule has 0 aliphatic carbocycles. The quantitative estimate of drug-likeness (QED) is 0.886. The zero-order valence-corrected chi connectivity index (χ0v) is 15.7. The third kappa shape index (κ3) is 4.13. The van der Waals surface area contributed by atoms with Gasteiger partial charge in [0, 0.05) is 38.8 Å². The maximum Gasteiger partial charge on any atom is 0.317 e. The first-order valence-electron chi connectivity index (χ1n) is 9.35. The first kappa shape index (κ1) is 17.6. The number of aromatic nitrogens is 2. The molecule has 7 nitrogen and oxygen atoms in total. The number of carbonyl (C=O) groups is 1. The summed E-state index contributed by atoms with van der Waals surface area (Å²) in [6, 6.07) is 6.31. The summed E-state index contributed by atoms with van der Waals surface area (Å²) < 4.78 is 13.9. The van der Waals surface area contributed by atoms with Gasteiger partial charge < -0.3 is 15.0 Å². The van der Waals surface area contributed by atoms with Crippen LogP contribution in [0.4, 0.5) is 4.79 Å². The van der Waals surface area contributed by atoms with Crippen molar-refractivity contribution in [1.82, 2.24) is 23.9 Å². The first-order chi connectivity index (χ1) is 12.8. The van der Waals surface area contributed by atoms with E-state index < -0.39 is 0 Å². The van der Waals surface area contributed by atoms with Gasteiger partial charge in [-0.25, -0.2) is 4.79 Å². The van der Waals surface area contributed by atoms with Gasteiger partial charge in [0.05, 0.1) is 24.9 Å². The predicted octanol–water partition coefficient (Wildman–Crippen LogP) is 2.09. The minimum absolute atomic E-state index is 0.0412. The van der Waals surface area contributed by atoms with Gasteiger partial charge in [-0.15, -0.1) is 0 Å². The van der Waals surface area contributed by atoms with Crippen LogP contribution in [0.3, 0.4) is 0 Å². The number of fused-ring (bicyclic) bond motifs is 1. The molecule has 0 saturated carbocycles. The number of piperidine rings is 1. The van der Waals surface area contributed by atoms with E-state index in [4.69, 9.17) is 4.74 Å². The fourth-order valence-electron chi connectivity index (χ4n) is 3.76. The van der Waals surface area contributed by atoms with Crippen LogP contribution >= 0.6 is 11.7 Å². The van der Waals surface area contributed by atoms with Crippen LogP contribution in [0.2, 0.25) is 0 Å². The van der Waals surface area contributed by atoms with Crippen molar-refractivity contribution in [3.05, 3.63) is 23.8 Å². The Balaban J connectivity index is 1.35. The molecule has 26 heavy (non-hydrogen) atoms. The summed E-state index contributed by atoms with van der Waals surface area (Å²) in [5, 5.41) is 3.09. The van der Waals surface area contributed by atoms with Gasteiger partial charge >= 0.3 is 6.03 Å². The van der Waals surface area contributed by atoms with Crippen molar-refractivity contribution in [3.63, 3.8) is 0 Å². The monoisotopic (exact) mass is 375 g/mol. The summed E-state index contributed by atoms with van der Waals surface area (Å²) >= 11 is 1.22. The van der Waals surface area contributed by atoms with E-state index in [0.29, 0.717) is 12.6 Å². The Morgan fingerprint density at radius 3 is 2.92 bits per heavy atom. The van der Waals surface area contributed by atoms with Gasteiger partial charge in [-0.05, 0) is 37.0 Å². The van der Waals surface area contributed by atoms with Crippen molar-refractivity contribution in [2.45, 2.75) is 31.8 Å². The molecule has 2 aliphatic rings. The summed E-state index contributed by atoms with van der Waals surface area (Å²) in [5.41, 5.74) is 2.86. The van der Waals surface area contributed by atoms with E-state index in [9.17, 15) is 4.79 Å². The van der Waals surface area contributed by atoms with Gasteiger partial charge in [0.2, 0.25) is 0 Å². The number of nitrogens with one attached hydrogen (secondary N) is 1. The molecule has 140 valence electrons. The Kier molecular flexibility index (Phi) is 5.62. The van der Waals surface area contributed by atoms with Gasteiger partial charge in [0.15, 0.2) is 0 Å². The summed E-state index contributed by atoms with van der Waals surface area (Å²) in [7, 11) is 0. The highest BCUT2D eigenvalue weighted by atomic mass is 32.1. The normalized spacial score (nSPS) is 21.8.